The molecule has 0 atom stereocenters. The van der Waals surface area contributed by atoms with E-state index in [0.717, 1.165) is 0 Å². The van der Waals surface area contributed by atoms with Crippen molar-refractivity contribution >= 4 is 23.3 Å². The van der Waals surface area contributed by atoms with E-state index in [0.29, 0.717) is 37.4 Å². The first kappa shape index (κ1) is 19.3. The average molecular weight is 383 g/mol. The van der Waals surface area contributed by atoms with Crippen molar-refractivity contribution in [3.63, 3.8) is 0 Å². The van der Waals surface area contributed by atoms with Crippen LogP contribution in [0.25, 0.3) is 0 Å². The number of anilines is 1. The van der Waals surface area contributed by atoms with Gasteiger partial charge in [0.2, 0.25) is 0 Å². The van der Waals surface area contributed by atoms with Gasteiger partial charge >= 0.3 is 5.97 Å². The number of carbonyl (C=O) groups excluding carboxylic acids is 2. The summed E-state index contributed by atoms with van der Waals surface area (Å²) in [5, 5.41) is 11.5. The third kappa shape index (κ3) is 4.11. The van der Waals surface area contributed by atoms with Crippen molar-refractivity contribution < 1.29 is 19.2 Å². The Bertz CT molecular complexity index is 877. The topological polar surface area (TPSA) is 93.0 Å². The Morgan fingerprint density at radius 3 is 2.32 bits per heavy atom. The lowest BCUT2D eigenvalue weighted by Crippen LogP contribution is -2.49. The SMILES string of the molecule is CCOC(=O)c1ccc(N2CCN(C(=O)c3ccccc3)CC2)c([N+](=O)[O-])c1. The van der Waals surface area contributed by atoms with Crippen LogP contribution >= 0.6 is 0 Å². The predicted octanol–water partition coefficient (Wildman–Crippen LogP) is 2.73. The van der Waals surface area contributed by atoms with Crippen LogP contribution in [0.3, 0.4) is 0 Å². The van der Waals surface area contributed by atoms with Gasteiger partial charge in [0.05, 0.1) is 17.1 Å². The van der Waals surface area contributed by atoms with Crippen molar-refractivity contribution in [2.75, 3.05) is 37.7 Å². The van der Waals surface area contributed by atoms with E-state index in [-0.39, 0.29) is 23.8 Å². The van der Waals surface area contributed by atoms with E-state index in [1.165, 1.54) is 12.1 Å². The Kier molecular flexibility index (Phi) is 5.88. The third-order valence-electron chi connectivity index (χ3n) is 4.61. The molecule has 0 aliphatic carbocycles. The number of rotatable bonds is 5. The minimum Gasteiger partial charge on any atom is -0.462 e. The predicted molar refractivity (Wildman–Crippen MR) is 104 cm³/mol. The highest BCUT2D eigenvalue weighted by Gasteiger charge is 2.27. The molecule has 2 aromatic rings. The molecular formula is C20H21N3O5. The molecule has 1 heterocycles. The number of esters is 1. The van der Waals surface area contributed by atoms with Crippen molar-refractivity contribution in [1.29, 1.82) is 0 Å². The van der Waals surface area contributed by atoms with Crippen LogP contribution in [0.1, 0.15) is 27.6 Å². The van der Waals surface area contributed by atoms with Crippen LogP contribution in [0.5, 0.6) is 0 Å². The summed E-state index contributed by atoms with van der Waals surface area (Å²) in [5.74, 6) is -0.636. The van der Waals surface area contributed by atoms with Gasteiger partial charge in [-0.25, -0.2) is 4.79 Å². The van der Waals surface area contributed by atoms with E-state index in [9.17, 15) is 19.7 Å². The fourth-order valence-electron chi connectivity index (χ4n) is 3.19. The monoisotopic (exact) mass is 383 g/mol. The summed E-state index contributed by atoms with van der Waals surface area (Å²) in [7, 11) is 0. The van der Waals surface area contributed by atoms with Crippen molar-refractivity contribution in [2.45, 2.75) is 6.92 Å². The van der Waals surface area contributed by atoms with Gasteiger partial charge in [-0.2, -0.15) is 0 Å². The smallest absolute Gasteiger partial charge is 0.338 e. The van der Waals surface area contributed by atoms with E-state index in [1.807, 2.05) is 23.1 Å². The maximum absolute atomic E-state index is 12.5. The van der Waals surface area contributed by atoms with E-state index in [2.05, 4.69) is 0 Å². The number of benzene rings is 2. The van der Waals surface area contributed by atoms with Crippen LogP contribution in [-0.4, -0.2) is 54.5 Å². The second-order valence-corrected chi connectivity index (χ2v) is 6.33. The zero-order valence-corrected chi connectivity index (χ0v) is 15.5. The van der Waals surface area contributed by atoms with E-state index >= 15 is 0 Å². The van der Waals surface area contributed by atoms with Gasteiger partial charge in [0.25, 0.3) is 11.6 Å². The molecule has 1 fully saturated rings. The van der Waals surface area contributed by atoms with Gasteiger partial charge in [-0.1, -0.05) is 18.2 Å². The number of hydrogen-bond acceptors (Lipinski definition) is 6. The molecule has 0 saturated carbocycles. The van der Waals surface area contributed by atoms with Crippen LogP contribution in [0.2, 0.25) is 0 Å². The van der Waals surface area contributed by atoms with Crippen LogP contribution in [0.4, 0.5) is 11.4 Å². The number of hydrogen-bond donors (Lipinski definition) is 0. The standard InChI is InChI=1S/C20H21N3O5/c1-2-28-20(25)16-8-9-17(18(14-16)23(26)27)21-10-12-22(13-11-21)19(24)15-6-4-3-5-7-15/h3-9,14H,2,10-13H2,1H3. The van der Waals surface area contributed by atoms with Crippen LogP contribution in [-0.2, 0) is 4.74 Å². The minimum atomic E-state index is -0.588. The largest absolute Gasteiger partial charge is 0.462 e. The molecule has 0 unspecified atom stereocenters. The summed E-state index contributed by atoms with van der Waals surface area (Å²) in [6, 6.07) is 13.4. The Morgan fingerprint density at radius 2 is 1.71 bits per heavy atom. The van der Waals surface area contributed by atoms with E-state index in [1.54, 1.807) is 30.0 Å². The molecule has 0 bridgehead atoms. The lowest BCUT2D eigenvalue weighted by atomic mass is 10.1. The summed E-state index contributed by atoms with van der Waals surface area (Å²) in [5.41, 5.74) is 1.06. The Balaban J connectivity index is 1.74. The molecule has 28 heavy (non-hydrogen) atoms. The highest BCUT2D eigenvalue weighted by molar-refractivity contribution is 5.94. The number of nitrogens with zero attached hydrogens (tertiary/aromatic N) is 3. The van der Waals surface area contributed by atoms with E-state index < -0.39 is 10.9 Å². The molecule has 1 aliphatic rings. The normalized spacial score (nSPS) is 13.9. The molecule has 0 aromatic heterocycles. The highest BCUT2D eigenvalue weighted by Crippen LogP contribution is 2.30. The van der Waals surface area contributed by atoms with Gasteiger partial charge in [0.1, 0.15) is 5.69 Å². The molecule has 2 aromatic carbocycles. The maximum atomic E-state index is 12.5. The van der Waals surface area contributed by atoms with Gasteiger partial charge in [-0.05, 0) is 31.2 Å². The molecule has 3 rings (SSSR count). The number of nitro benzene ring substituents is 1. The Morgan fingerprint density at radius 1 is 1.04 bits per heavy atom. The fourth-order valence-corrected chi connectivity index (χ4v) is 3.19. The molecule has 8 nitrogen and oxygen atoms in total. The van der Waals surface area contributed by atoms with Crippen molar-refractivity contribution in [3.05, 3.63) is 69.8 Å². The number of amides is 1. The second kappa shape index (κ2) is 8.51. The van der Waals surface area contributed by atoms with Crippen molar-refractivity contribution in [1.82, 2.24) is 4.90 Å². The first-order valence-corrected chi connectivity index (χ1v) is 9.06. The van der Waals surface area contributed by atoms with Gasteiger partial charge in [0.15, 0.2) is 0 Å². The molecule has 0 spiro atoms. The number of ether oxygens (including phenoxy) is 1. The Labute approximate surface area is 162 Å². The molecular weight excluding hydrogens is 362 g/mol. The first-order chi connectivity index (χ1) is 13.5. The molecule has 146 valence electrons. The van der Waals surface area contributed by atoms with Gasteiger partial charge in [-0.15, -0.1) is 0 Å². The summed E-state index contributed by atoms with van der Waals surface area (Å²) in [4.78, 5) is 39.0. The summed E-state index contributed by atoms with van der Waals surface area (Å²) >= 11 is 0. The lowest BCUT2D eigenvalue weighted by Gasteiger charge is -2.35. The molecule has 0 N–H and O–H groups in total. The maximum Gasteiger partial charge on any atom is 0.338 e. The molecule has 1 aliphatic heterocycles. The van der Waals surface area contributed by atoms with Crippen molar-refractivity contribution in [2.24, 2.45) is 0 Å². The summed E-state index contributed by atoms with van der Waals surface area (Å²) in [6.45, 7) is 3.74. The third-order valence-corrected chi connectivity index (χ3v) is 4.61. The number of nitro groups is 1. The van der Waals surface area contributed by atoms with Gasteiger partial charge in [-0.3, -0.25) is 14.9 Å². The average Bonchev–Trinajstić information content (AvgIpc) is 2.73. The van der Waals surface area contributed by atoms with E-state index in [4.69, 9.17) is 4.74 Å². The zero-order chi connectivity index (χ0) is 20.1. The summed E-state index contributed by atoms with van der Waals surface area (Å²) in [6.07, 6.45) is 0. The fraction of sp³-hybridized carbons (Fsp3) is 0.300. The van der Waals surface area contributed by atoms with Crippen LogP contribution in [0.15, 0.2) is 48.5 Å². The van der Waals surface area contributed by atoms with Crippen LogP contribution in [0, 0.1) is 10.1 Å². The Hall–Kier alpha value is -3.42. The molecule has 8 heteroatoms. The molecule has 0 radical (unpaired) electrons. The lowest BCUT2D eigenvalue weighted by molar-refractivity contribution is -0.384. The quantitative estimate of drug-likeness (QED) is 0.448. The van der Waals surface area contributed by atoms with Gasteiger partial charge in [0, 0.05) is 37.8 Å². The van der Waals surface area contributed by atoms with Crippen molar-refractivity contribution in [3.8, 4) is 0 Å². The molecule has 1 amide bonds. The van der Waals surface area contributed by atoms with Gasteiger partial charge < -0.3 is 14.5 Å². The summed E-state index contributed by atoms with van der Waals surface area (Å²) < 4.78 is 4.91. The zero-order valence-electron chi connectivity index (χ0n) is 15.5. The molecule has 1 saturated heterocycles. The number of carbonyl (C=O) groups is 2. The first-order valence-electron chi connectivity index (χ1n) is 9.06. The van der Waals surface area contributed by atoms with Crippen LogP contribution < -0.4 is 4.90 Å². The minimum absolute atomic E-state index is 0.0487. The second-order valence-electron chi connectivity index (χ2n) is 6.33. The number of piperazine rings is 1. The highest BCUT2D eigenvalue weighted by atomic mass is 16.6.